The molecule has 0 aliphatic heterocycles. The average molecular weight is 319 g/mol. The summed E-state index contributed by atoms with van der Waals surface area (Å²) in [5, 5.41) is 3.30. The maximum atomic E-state index is 5.82. The quantitative estimate of drug-likeness (QED) is 0.907. The standard InChI is InChI=1S/C14H15BrN4/c15-11-5-1-9(2-6-11)8-17-13-7-12(16)18-14(19-13)10-3-4-10/h1-2,5-7,10H,3-4,8H2,(H3,16,17,18,19). The number of nitrogens with one attached hydrogen (secondary N) is 1. The van der Waals surface area contributed by atoms with Gasteiger partial charge in [-0.05, 0) is 30.5 Å². The Morgan fingerprint density at radius 1 is 1.21 bits per heavy atom. The van der Waals surface area contributed by atoms with Gasteiger partial charge in [0.2, 0.25) is 0 Å². The number of rotatable bonds is 4. The third-order valence-electron chi connectivity index (χ3n) is 3.09. The van der Waals surface area contributed by atoms with E-state index in [1.165, 1.54) is 18.4 Å². The molecule has 1 heterocycles. The van der Waals surface area contributed by atoms with Gasteiger partial charge in [-0.15, -0.1) is 0 Å². The van der Waals surface area contributed by atoms with Gasteiger partial charge < -0.3 is 11.1 Å². The Hall–Kier alpha value is -1.62. The SMILES string of the molecule is Nc1cc(NCc2ccc(Br)cc2)nc(C2CC2)n1. The van der Waals surface area contributed by atoms with Crippen molar-refractivity contribution in [2.24, 2.45) is 0 Å². The fourth-order valence-corrected chi connectivity index (χ4v) is 2.16. The molecule has 5 heteroatoms. The van der Waals surface area contributed by atoms with Crippen LogP contribution in [0.1, 0.15) is 30.1 Å². The van der Waals surface area contributed by atoms with Gasteiger partial charge in [0, 0.05) is 23.0 Å². The van der Waals surface area contributed by atoms with Crippen molar-refractivity contribution in [3.05, 3.63) is 46.2 Å². The molecule has 0 saturated heterocycles. The molecule has 1 aliphatic rings. The number of halogens is 1. The Morgan fingerprint density at radius 2 is 1.95 bits per heavy atom. The van der Waals surface area contributed by atoms with E-state index in [4.69, 9.17) is 5.73 Å². The molecule has 1 aromatic carbocycles. The maximum Gasteiger partial charge on any atom is 0.136 e. The molecule has 3 N–H and O–H groups in total. The summed E-state index contributed by atoms with van der Waals surface area (Å²) in [5.74, 6) is 2.72. The number of benzene rings is 1. The van der Waals surface area contributed by atoms with E-state index >= 15 is 0 Å². The molecule has 98 valence electrons. The second kappa shape index (κ2) is 5.17. The second-order valence-electron chi connectivity index (χ2n) is 4.79. The lowest BCUT2D eigenvalue weighted by Gasteiger charge is -2.08. The predicted octanol–water partition coefficient (Wildman–Crippen LogP) is 3.31. The van der Waals surface area contributed by atoms with Crippen molar-refractivity contribution >= 4 is 27.6 Å². The lowest BCUT2D eigenvalue weighted by atomic mass is 10.2. The molecule has 0 atom stereocenters. The van der Waals surface area contributed by atoms with Crippen LogP contribution in [0.5, 0.6) is 0 Å². The normalized spacial score (nSPS) is 14.4. The molecule has 1 aromatic heterocycles. The van der Waals surface area contributed by atoms with Gasteiger partial charge in [0.1, 0.15) is 17.5 Å². The Balaban J connectivity index is 1.70. The van der Waals surface area contributed by atoms with E-state index in [0.29, 0.717) is 11.7 Å². The van der Waals surface area contributed by atoms with Gasteiger partial charge >= 0.3 is 0 Å². The highest BCUT2D eigenvalue weighted by molar-refractivity contribution is 9.10. The summed E-state index contributed by atoms with van der Waals surface area (Å²) in [5.41, 5.74) is 7.02. The molecule has 3 rings (SSSR count). The number of anilines is 2. The smallest absolute Gasteiger partial charge is 0.136 e. The van der Waals surface area contributed by atoms with Crippen LogP contribution in [0.2, 0.25) is 0 Å². The zero-order chi connectivity index (χ0) is 13.2. The monoisotopic (exact) mass is 318 g/mol. The van der Waals surface area contributed by atoms with Crippen LogP contribution < -0.4 is 11.1 Å². The van der Waals surface area contributed by atoms with Crippen LogP contribution in [0.3, 0.4) is 0 Å². The minimum Gasteiger partial charge on any atom is -0.384 e. The summed E-state index contributed by atoms with van der Waals surface area (Å²) in [6.07, 6.45) is 2.35. The summed E-state index contributed by atoms with van der Waals surface area (Å²) >= 11 is 3.43. The Morgan fingerprint density at radius 3 is 2.63 bits per heavy atom. The van der Waals surface area contributed by atoms with Crippen molar-refractivity contribution in [1.82, 2.24) is 9.97 Å². The first kappa shape index (κ1) is 12.4. The van der Waals surface area contributed by atoms with Crippen LogP contribution >= 0.6 is 15.9 Å². The van der Waals surface area contributed by atoms with Crippen molar-refractivity contribution in [3.8, 4) is 0 Å². The van der Waals surface area contributed by atoms with Crippen LogP contribution in [0.25, 0.3) is 0 Å². The Kier molecular flexibility index (Phi) is 3.38. The topological polar surface area (TPSA) is 63.8 Å². The molecule has 19 heavy (non-hydrogen) atoms. The maximum absolute atomic E-state index is 5.82. The molecule has 0 radical (unpaired) electrons. The number of hydrogen-bond acceptors (Lipinski definition) is 4. The number of nitrogen functional groups attached to an aromatic ring is 1. The first-order chi connectivity index (χ1) is 9.20. The molecule has 1 saturated carbocycles. The van der Waals surface area contributed by atoms with Gasteiger partial charge in [-0.25, -0.2) is 9.97 Å². The number of nitrogens with zero attached hydrogens (tertiary/aromatic N) is 2. The molecule has 4 nitrogen and oxygen atoms in total. The van der Waals surface area contributed by atoms with Gasteiger partial charge in [0.05, 0.1) is 0 Å². The Labute approximate surface area is 120 Å². The van der Waals surface area contributed by atoms with E-state index in [-0.39, 0.29) is 0 Å². The first-order valence-electron chi connectivity index (χ1n) is 6.33. The van der Waals surface area contributed by atoms with Gasteiger partial charge in [-0.3, -0.25) is 0 Å². The highest BCUT2D eigenvalue weighted by Gasteiger charge is 2.27. The highest BCUT2D eigenvalue weighted by Crippen LogP contribution is 2.38. The predicted molar refractivity (Wildman–Crippen MR) is 79.9 cm³/mol. The summed E-state index contributed by atoms with van der Waals surface area (Å²) in [6, 6.07) is 9.99. The summed E-state index contributed by atoms with van der Waals surface area (Å²) < 4.78 is 1.08. The largest absolute Gasteiger partial charge is 0.384 e. The molecule has 1 fully saturated rings. The van der Waals surface area contributed by atoms with Gasteiger partial charge in [-0.1, -0.05) is 28.1 Å². The van der Waals surface area contributed by atoms with E-state index in [1.807, 2.05) is 12.1 Å². The fourth-order valence-electron chi connectivity index (χ4n) is 1.89. The zero-order valence-corrected chi connectivity index (χ0v) is 12.0. The molecular formula is C14H15BrN4. The number of nitrogens with two attached hydrogens (primary N) is 1. The average Bonchev–Trinajstić information content (AvgIpc) is 3.22. The minimum absolute atomic E-state index is 0.511. The summed E-state index contributed by atoms with van der Waals surface area (Å²) in [4.78, 5) is 8.80. The first-order valence-corrected chi connectivity index (χ1v) is 7.13. The number of aromatic nitrogens is 2. The van der Waals surface area contributed by atoms with Crippen LogP contribution in [0, 0.1) is 0 Å². The Bertz CT molecular complexity index is 578. The van der Waals surface area contributed by atoms with E-state index in [9.17, 15) is 0 Å². The van der Waals surface area contributed by atoms with Crippen molar-refractivity contribution in [1.29, 1.82) is 0 Å². The van der Waals surface area contributed by atoms with Gasteiger partial charge in [0.25, 0.3) is 0 Å². The molecule has 0 spiro atoms. The minimum atomic E-state index is 0.511. The lowest BCUT2D eigenvalue weighted by molar-refractivity contribution is 0.926. The molecule has 0 unspecified atom stereocenters. The number of hydrogen-bond donors (Lipinski definition) is 2. The zero-order valence-electron chi connectivity index (χ0n) is 10.4. The van der Waals surface area contributed by atoms with Crippen molar-refractivity contribution < 1.29 is 0 Å². The lowest BCUT2D eigenvalue weighted by Crippen LogP contribution is -2.06. The van der Waals surface area contributed by atoms with E-state index in [0.717, 1.165) is 22.7 Å². The van der Waals surface area contributed by atoms with Crippen molar-refractivity contribution in [2.75, 3.05) is 11.1 Å². The van der Waals surface area contributed by atoms with Gasteiger partial charge in [0.15, 0.2) is 0 Å². The van der Waals surface area contributed by atoms with Crippen LogP contribution in [-0.4, -0.2) is 9.97 Å². The second-order valence-corrected chi connectivity index (χ2v) is 5.71. The van der Waals surface area contributed by atoms with Crippen LogP contribution in [-0.2, 0) is 6.54 Å². The molecule has 0 amide bonds. The van der Waals surface area contributed by atoms with E-state index < -0.39 is 0 Å². The van der Waals surface area contributed by atoms with Gasteiger partial charge in [-0.2, -0.15) is 0 Å². The molecule has 0 bridgehead atoms. The van der Waals surface area contributed by atoms with E-state index in [1.54, 1.807) is 6.07 Å². The summed E-state index contributed by atoms with van der Waals surface area (Å²) in [6.45, 7) is 0.730. The molecule has 1 aliphatic carbocycles. The van der Waals surface area contributed by atoms with Crippen molar-refractivity contribution in [3.63, 3.8) is 0 Å². The molecular weight excluding hydrogens is 304 g/mol. The van der Waals surface area contributed by atoms with Crippen LogP contribution in [0.15, 0.2) is 34.8 Å². The fraction of sp³-hybridized carbons (Fsp3) is 0.286. The summed E-state index contributed by atoms with van der Waals surface area (Å²) in [7, 11) is 0. The third kappa shape index (κ3) is 3.23. The van der Waals surface area contributed by atoms with Crippen molar-refractivity contribution in [2.45, 2.75) is 25.3 Å². The highest BCUT2D eigenvalue weighted by atomic mass is 79.9. The molecule has 2 aromatic rings. The third-order valence-corrected chi connectivity index (χ3v) is 3.62. The van der Waals surface area contributed by atoms with Crippen LogP contribution in [0.4, 0.5) is 11.6 Å². The van der Waals surface area contributed by atoms with E-state index in [2.05, 4.69) is 43.3 Å².